The van der Waals surface area contributed by atoms with Gasteiger partial charge in [-0.05, 0) is 127 Å². The van der Waals surface area contributed by atoms with Gasteiger partial charge in [0, 0.05) is 50.8 Å². The first kappa shape index (κ1) is 43.9. The van der Waals surface area contributed by atoms with Crippen LogP contribution in [0.2, 0.25) is 0 Å². The van der Waals surface area contributed by atoms with Gasteiger partial charge in [-0.25, -0.2) is 28.8 Å². The van der Waals surface area contributed by atoms with Crippen LogP contribution in [0.1, 0.15) is 93.2 Å². The number of hydrogen-bond donors (Lipinski definition) is 9. The van der Waals surface area contributed by atoms with Crippen molar-refractivity contribution in [3.63, 3.8) is 0 Å². The van der Waals surface area contributed by atoms with Crippen LogP contribution in [0.4, 0.5) is 34.1 Å². The van der Waals surface area contributed by atoms with E-state index in [-0.39, 0.29) is 67.1 Å². The molecule has 0 saturated carbocycles. The molecule has 19 nitrogen and oxygen atoms in total. The molecule has 0 heterocycles. The maximum absolute atomic E-state index is 13.3. The van der Waals surface area contributed by atoms with Crippen molar-refractivity contribution in [2.24, 2.45) is 0 Å². The number of hydrogen-bond acceptors (Lipinski definition) is 10. The van der Waals surface area contributed by atoms with E-state index >= 15 is 0 Å². The van der Waals surface area contributed by atoms with E-state index in [1.807, 2.05) is 0 Å². The molecular formula is C45H30N4O15. The highest BCUT2D eigenvalue weighted by molar-refractivity contribution is 6.08. The Morgan fingerprint density at radius 2 is 0.469 bits per heavy atom. The van der Waals surface area contributed by atoms with Crippen molar-refractivity contribution in [1.29, 1.82) is 0 Å². The SMILES string of the molecule is O=C(O)c1cc(NC(=O)c2ccc(N(c3ccc(C(=O)Nc4cc(C(=O)O)cc(C(=O)O)c4)cc3)c3ccc(C(=O)Nc4cc(C(=O)O)cc(C(=O)O)c4)cc3)cc2)cc(C(=O)O)c1. The summed E-state index contributed by atoms with van der Waals surface area (Å²) in [4.78, 5) is 111. The van der Waals surface area contributed by atoms with Gasteiger partial charge in [-0.3, -0.25) is 14.4 Å². The van der Waals surface area contributed by atoms with Crippen molar-refractivity contribution in [3.8, 4) is 0 Å². The first-order chi connectivity index (χ1) is 30.4. The Bertz CT molecular complexity index is 2520. The van der Waals surface area contributed by atoms with Crippen LogP contribution in [-0.2, 0) is 0 Å². The van der Waals surface area contributed by atoms with Crippen LogP contribution in [0.25, 0.3) is 0 Å². The smallest absolute Gasteiger partial charge is 0.335 e. The number of aromatic carboxylic acids is 6. The van der Waals surface area contributed by atoms with Crippen molar-refractivity contribution in [3.05, 3.63) is 177 Å². The van der Waals surface area contributed by atoms with Crippen LogP contribution < -0.4 is 20.9 Å². The molecule has 3 amide bonds. The van der Waals surface area contributed by atoms with Crippen LogP contribution in [0.15, 0.2) is 127 Å². The molecule has 0 aliphatic heterocycles. The standard InChI is InChI=1S/C45H30N4O15/c50-37(46-31-16-25(40(53)54)13-26(17-31)41(55)56)22-1-7-34(8-2-22)49(35-9-3-23(4-10-35)38(51)47-32-18-27(42(57)58)14-28(19-32)43(59)60)36-11-5-24(6-12-36)39(52)48-33-20-29(44(61)62)15-30(21-33)45(63)64/h1-21H,(H,46,50)(H,47,51)(H,48,52)(H,53,54)(H,55,56)(H,57,58)(H,59,60)(H,61,62)(H,63,64). The Morgan fingerprint density at radius 3 is 0.641 bits per heavy atom. The van der Waals surface area contributed by atoms with Gasteiger partial charge in [0.25, 0.3) is 17.7 Å². The predicted molar refractivity (Wildman–Crippen MR) is 226 cm³/mol. The molecule has 320 valence electrons. The Balaban J connectivity index is 1.31. The molecule has 6 aromatic carbocycles. The number of carboxylic acid groups (broad SMARTS) is 6. The van der Waals surface area contributed by atoms with Crippen molar-refractivity contribution in [2.75, 3.05) is 20.9 Å². The van der Waals surface area contributed by atoms with Gasteiger partial charge in [-0.2, -0.15) is 0 Å². The molecule has 0 aliphatic rings. The van der Waals surface area contributed by atoms with Gasteiger partial charge in [0.2, 0.25) is 0 Å². The fourth-order valence-corrected chi connectivity index (χ4v) is 6.18. The normalized spacial score (nSPS) is 10.5. The second kappa shape index (κ2) is 18.3. The molecule has 9 N–H and O–H groups in total. The summed E-state index contributed by atoms with van der Waals surface area (Å²) < 4.78 is 0. The number of rotatable bonds is 15. The molecule has 19 heteroatoms. The molecule has 0 fully saturated rings. The Morgan fingerprint density at radius 1 is 0.281 bits per heavy atom. The van der Waals surface area contributed by atoms with Gasteiger partial charge in [-0.1, -0.05) is 0 Å². The lowest BCUT2D eigenvalue weighted by Gasteiger charge is -2.26. The quantitative estimate of drug-likeness (QED) is 0.0497. The lowest BCUT2D eigenvalue weighted by Crippen LogP contribution is -2.16. The third-order valence-corrected chi connectivity index (χ3v) is 9.22. The third-order valence-electron chi connectivity index (χ3n) is 9.22. The first-order valence-electron chi connectivity index (χ1n) is 18.3. The average molecular weight is 867 g/mol. The van der Waals surface area contributed by atoms with E-state index in [2.05, 4.69) is 16.0 Å². The molecule has 6 aromatic rings. The van der Waals surface area contributed by atoms with Crippen LogP contribution in [0.3, 0.4) is 0 Å². The molecule has 0 aromatic heterocycles. The summed E-state index contributed by atoms with van der Waals surface area (Å²) >= 11 is 0. The second-order valence-corrected chi connectivity index (χ2v) is 13.6. The van der Waals surface area contributed by atoms with Gasteiger partial charge in [0.1, 0.15) is 0 Å². The minimum atomic E-state index is -1.41. The molecule has 0 atom stereocenters. The number of carbonyl (C=O) groups excluding carboxylic acids is 3. The van der Waals surface area contributed by atoms with Crippen molar-refractivity contribution < 1.29 is 73.8 Å². The predicted octanol–water partition coefficient (Wildman–Crippen LogP) is 7.10. The topological polar surface area (TPSA) is 314 Å². The van der Waals surface area contributed by atoms with Crippen LogP contribution in [0.5, 0.6) is 0 Å². The van der Waals surface area contributed by atoms with Gasteiger partial charge >= 0.3 is 35.8 Å². The molecule has 0 aliphatic carbocycles. The van der Waals surface area contributed by atoms with Gasteiger partial charge < -0.3 is 51.5 Å². The third kappa shape index (κ3) is 10.2. The number of anilines is 6. The number of amides is 3. The molecule has 0 bridgehead atoms. The largest absolute Gasteiger partial charge is 0.478 e. The molecular weight excluding hydrogens is 837 g/mol. The van der Waals surface area contributed by atoms with E-state index in [0.29, 0.717) is 17.1 Å². The van der Waals surface area contributed by atoms with Crippen molar-refractivity contribution in [1.82, 2.24) is 0 Å². The molecule has 6 rings (SSSR count). The maximum Gasteiger partial charge on any atom is 0.335 e. The van der Waals surface area contributed by atoms with E-state index in [0.717, 1.165) is 54.6 Å². The summed E-state index contributed by atoms with van der Waals surface area (Å²) in [7, 11) is 0. The Labute approximate surface area is 359 Å². The van der Waals surface area contributed by atoms with E-state index in [9.17, 15) is 73.8 Å². The molecule has 64 heavy (non-hydrogen) atoms. The van der Waals surface area contributed by atoms with Gasteiger partial charge in [-0.15, -0.1) is 0 Å². The van der Waals surface area contributed by atoms with Crippen molar-refractivity contribution >= 4 is 87.7 Å². The summed E-state index contributed by atoms with van der Waals surface area (Å²) in [6.07, 6.45) is 0. The number of carbonyl (C=O) groups is 9. The molecule has 0 spiro atoms. The van der Waals surface area contributed by atoms with Crippen LogP contribution in [0, 0.1) is 0 Å². The van der Waals surface area contributed by atoms with Gasteiger partial charge in [0.15, 0.2) is 0 Å². The zero-order valence-electron chi connectivity index (χ0n) is 32.4. The lowest BCUT2D eigenvalue weighted by molar-refractivity contribution is 0.0676. The summed E-state index contributed by atoms with van der Waals surface area (Å²) in [6, 6.07) is 27.2. The van der Waals surface area contributed by atoms with E-state index in [1.54, 1.807) is 4.90 Å². The van der Waals surface area contributed by atoms with Crippen molar-refractivity contribution in [2.45, 2.75) is 0 Å². The summed E-state index contributed by atoms with van der Waals surface area (Å²) in [5.41, 5.74) is -0.966. The minimum absolute atomic E-state index is 0.0800. The van der Waals surface area contributed by atoms with Crippen LogP contribution >= 0.6 is 0 Å². The number of carboxylic acids is 6. The molecule has 0 radical (unpaired) electrons. The Kier molecular flexibility index (Phi) is 12.6. The highest BCUT2D eigenvalue weighted by atomic mass is 16.4. The van der Waals surface area contributed by atoms with Crippen LogP contribution in [-0.4, -0.2) is 84.2 Å². The number of benzene rings is 6. The summed E-state index contributed by atoms with van der Waals surface area (Å²) in [6.45, 7) is 0. The molecule has 0 unspecified atom stereocenters. The number of nitrogens with zero attached hydrogens (tertiary/aromatic N) is 1. The van der Waals surface area contributed by atoms with E-state index in [4.69, 9.17) is 0 Å². The Hall–Kier alpha value is -9.65. The maximum atomic E-state index is 13.3. The highest BCUT2D eigenvalue weighted by Crippen LogP contribution is 2.35. The fraction of sp³-hybridized carbons (Fsp3) is 0. The van der Waals surface area contributed by atoms with E-state index in [1.165, 1.54) is 72.8 Å². The first-order valence-corrected chi connectivity index (χ1v) is 18.3. The fourth-order valence-electron chi connectivity index (χ4n) is 6.18. The summed E-state index contributed by atoms with van der Waals surface area (Å²) in [5, 5.41) is 64.0. The lowest BCUT2D eigenvalue weighted by atomic mass is 10.1. The number of nitrogens with one attached hydrogen (secondary N) is 3. The zero-order chi connectivity index (χ0) is 46.4. The highest BCUT2D eigenvalue weighted by Gasteiger charge is 2.20. The monoisotopic (exact) mass is 866 g/mol. The zero-order valence-corrected chi connectivity index (χ0v) is 32.4. The average Bonchev–Trinajstić information content (AvgIpc) is 3.26. The van der Waals surface area contributed by atoms with E-state index < -0.39 is 53.5 Å². The minimum Gasteiger partial charge on any atom is -0.478 e. The summed E-state index contributed by atoms with van der Waals surface area (Å²) in [5.74, 6) is -10.6. The molecule has 0 saturated heterocycles. The van der Waals surface area contributed by atoms with Gasteiger partial charge in [0.05, 0.1) is 33.4 Å². The second-order valence-electron chi connectivity index (χ2n) is 13.6.